The molecule has 0 atom stereocenters. The van der Waals surface area contributed by atoms with Crippen molar-refractivity contribution >= 4 is 42.5 Å². The zero-order chi connectivity index (χ0) is 23.2. The largest absolute Gasteiger partial charge is 0.462 e. The smallest absolute Gasteiger partial charge is 0.309 e. The van der Waals surface area contributed by atoms with Crippen molar-refractivity contribution in [3.63, 3.8) is 0 Å². The van der Waals surface area contributed by atoms with Gasteiger partial charge in [0.25, 0.3) is 5.91 Å². The van der Waals surface area contributed by atoms with Crippen molar-refractivity contribution in [1.29, 1.82) is 5.41 Å². The van der Waals surface area contributed by atoms with E-state index < -0.39 is 0 Å². The Morgan fingerprint density at radius 3 is 1.86 bits per heavy atom. The summed E-state index contributed by atoms with van der Waals surface area (Å²) in [5, 5.41) is 13.9. The summed E-state index contributed by atoms with van der Waals surface area (Å²) in [5.41, 5.74) is 8.80. The molecule has 1 saturated heterocycles. The monoisotopic (exact) mass is 520 g/mol. The fourth-order valence-electron chi connectivity index (χ4n) is 4.57. The zero-order valence-corrected chi connectivity index (χ0v) is 21.3. The second-order valence-electron chi connectivity index (χ2n) is 8.98. The maximum atomic E-state index is 12.7. The van der Waals surface area contributed by atoms with Crippen molar-refractivity contribution in [1.82, 2.24) is 10.6 Å². The number of benzene rings is 2. The van der Waals surface area contributed by atoms with Crippen LogP contribution in [0.2, 0.25) is 0 Å². The third-order valence-electron chi connectivity index (χ3n) is 6.64. The molecule has 1 saturated carbocycles. The number of carbonyl (C=O) groups is 2. The summed E-state index contributed by atoms with van der Waals surface area (Å²) in [5.74, 6) is -0.171. The average Bonchev–Trinajstić information content (AvgIpc) is 2.85. The van der Waals surface area contributed by atoms with Gasteiger partial charge in [0, 0.05) is 17.2 Å². The fourth-order valence-corrected chi connectivity index (χ4v) is 4.57. The molecule has 0 aromatic heterocycles. The minimum absolute atomic E-state index is 0. The maximum Gasteiger partial charge on any atom is 0.309 e. The number of halogens is 2. The zero-order valence-electron chi connectivity index (χ0n) is 19.6. The minimum atomic E-state index is -0.0887. The molecule has 5 N–H and O–H groups in total. The van der Waals surface area contributed by atoms with E-state index in [0.717, 1.165) is 62.7 Å². The summed E-state index contributed by atoms with van der Waals surface area (Å²) >= 11 is 0. The van der Waals surface area contributed by atoms with Crippen LogP contribution in [-0.4, -0.2) is 42.9 Å². The molecule has 190 valence electrons. The van der Waals surface area contributed by atoms with E-state index in [1.54, 1.807) is 0 Å². The van der Waals surface area contributed by atoms with E-state index in [1.165, 1.54) is 0 Å². The number of nitrogen functional groups attached to an aromatic ring is 1. The van der Waals surface area contributed by atoms with Crippen molar-refractivity contribution in [2.24, 2.45) is 11.7 Å². The highest BCUT2D eigenvalue weighted by Crippen LogP contribution is 2.27. The Morgan fingerprint density at radius 2 is 1.34 bits per heavy atom. The molecule has 1 amide bonds. The van der Waals surface area contributed by atoms with Gasteiger partial charge in [0.05, 0.1) is 5.92 Å². The molecule has 4 rings (SSSR count). The first-order valence-electron chi connectivity index (χ1n) is 11.8. The molecule has 2 fully saturated rings. The Kier molecular flexibility index (Phi) is 11.0. The second-order valence-corrected chi connectivity index (χ2v) is 8.98. The molecular formula is C26H34Cl2N4O3. The molecule has 9 heteroatoms. The summed E-state index contributed by atoms with van der Waals surface area (Å²) in [7, 11) is 0. The fraction of sp³-hybridized carbons (Fsp3) is 0.423. The van der Waals surface area contributed by atoms with E-state index in [4.69, 9.17) is 15.9 Å². The molecule has 2 aromatic carbocycles. The first-order valence-corrected chi connectivity index (χ1v) is 11.8. The number of ether oxygens (including phenoxy) is 1. The molecule has 35 heavy (non-hydrogen) atoms. The van der Waals surface area contributed by atoms with Gasteiger partial charge < -0.3 is 21.1 Å². The van der Waals surface area contributed by atoms with Crippen LogP contribution in [0, 0.1) is 11.3 Å². The predicted octanol–water partition coefficient (Wildman–Crippen LogP) is 4.07. The highest BCUT2D eigenvalue weighted by Gasteiger charge is 2.30. The van der Waals surface area contributed by atoms with E-state index in [1.807, 2.05) is 48.5 Å². The number of carbonyl (C=O) groups excluding carboxylic acids is 2. The highest BCUT2D eigenvalue weighted by molar-refractivity contribution is 5.96. The third kappa shape index (κ3) is 7.69. The summed E-state index contributed by atoms with van der Waals surface area (Å²) in [6.07, 6.45) is 4.91. The minimum Gasteiger partial charge on any atom is -0.462 e. The molecule has 1 aliphatic carbocycles. The first kappa shape index (κ1) is 28.6. The lowest BCUT2D eigenvalue weighted by Crippen LogP contribution is -2.40. The van der Waals surface area contributed by atoms with Crippen molar-refractivity contribution in [3.05, 3.63) is 59.7 Å². The molecule has 1 heterocycles. The molecular weight excluding hydrogens is 487 g/mol. The van der Waals surface area contributed by atoms with E-state index in [9.17, 15) is 9.59 Å². The van der Waals surface area contributed by atoms with E-state index in [-0.39, 0.29) is 60.6 Å². The van der Waals surface area contributed by atoms with Gasteiger partial charge in [-0.05, 0) is 74.9 Å². The van der Waals surface area contributed by atoms with Gasteiger partial charge in [-0.25, -0.2) is 0 Å². The summed E-state index contributed by atoms with van der Waals surface area (Å²) < 4.78 is 5.70. The van der Waals surface area contributed by atoms with Crippen LogP contribution in [0.1, 0.15) is 54.4 Å². The van der Waals surface area contributed by atoms with Gasteiger partial charge in [0.1, 0.15) is 11.9 Å². The number of amides is 1. The van der Waals surface area contributed by atoms with Crippen LogP contribution in [0.5, 0.6) is 0 Å². The number of hydrogen-bond acceptors (Lipinski definition) is 5. The SMILES string of the molecule is Cl.Cl.N=C(N)c1ccc(-c2ccc(C(=O)N[C@H]3CC[C@H](C(=O)OC4CCNCC4)CC3)cc2)cc1. The van der Waals surface area contributed by atoms with E-state index in [0.29, 0.717) is 11.1 Å². The lowest BCUT2D eigenvalue weighted by molar-refractivity contribution is -0.156. The van der Waals surface area contributed by atoms with Gasteiger partial charge in [0.15, 0.2) is 0 Å². The Hall–Kier alpha value is -2.61. The molecule has 0 unspecified atom stereocenters. The molecule has 1 aliphatic heterocycles. The van der Waals surface area contributed by atoms with Gasteiger partial charge in [0.2, 0.25) is 0 Å². The predicted molar refractivity (Wildman–Crippen MR) is 143 cm³/mol. The summed E-state index contributed by atoms with van der Waals surface area (Å²) in [6.45, 7) is 1.81. The molecule has 2 aromatic rings. The molecule has 0 spiro atoms. The lowest BCUT2D eigenvalue weighted by Gasteiger charge is -2.30. The molecule has 0 radical (unpaired) electrons. The number of amidine groups is 1. The van der Waals surface area contributed by atoms with Crippen LogP contribution in [0.25, 0.3) is 11.1 Å². The number of hydrogen-bond donors (Lipinski definition) is 4. The van der Waals surface area contributed by atoms with E-state index >= 15 is 0 Å². The molecule has 7 nitrogen and oxygen atoms in total. The number of esters is 1. The average molecular weight is 521 g/mol. The van der Waals surface area contributed by atoms with Crippen LogP contribution in [0.15, 0.2) is 48.5 Å². The lowest BCUT2D eigenvalue weighted by atomic mass is 9.86. The van der Waals surface area contributed by atoms with E-state index in [2.05, 4.69) is 10.6 Å². The third-order valence-corrected chi connectivity index (χ3v) is 6.64. The number of nitrogens with two attached hydrogens (primary N) is 1. The van der Waals surface area contributed by atoms with Crippen molar-refractivity contribution in [2.75, 3.05) is 13.1 Å². The van der Waals surface area contributed by atoms with Crippen molar-refractivity contribution in [2.45, 2.75) is 50.7 Å². The van der Waals surface area contributed by atoms with Crippen LogP contribution in [0.4, 0.5) is 0 Å². The molecule has 0 bridgehead atoms. The van der Waals surface area contributed by atoms with Crippen molar-refractivity contribution in [3.8, 4) is 11.1 Å². The Balaban J connectivity index is 0.00000216. The van der Waals surface area contributed by atoms with Gasteiger partial charge in [-0.3, -0.25) is 15.0 Å². The topological polar surface area (TPSA) is 117 Å². The van der Waals surface area contributed by atoms with Crippen LogP contribution in [0.3, 0.4) is 0 Å². The van der Waals surface area contributed by atoms with Gasteiger partial charge in [-0.15, -0.1) is 24.8 Å². The normalized spacial score (nSPS) is 20.0. The molecule has 2 aliphatic rings. The second kappa shape index (κ2) is 13.5. The Morgan fingerprint density at radius 1 is 0.829 bits per heavy atom. The Labute approximate surface area is 218 Å². The highest BCUT2D eigenvalue weighted by atomic mass is 35.5. The number of nitrogens with one attached hydrogen (secondary N) is 3. The van der Waals surface area contributed by atoms with Crippen LogP contribution in [-0.2, 0) is 9.53 Å². The van der Waals surface area contributed by atoms with Gasteiger partial charge in [-0.1, -0.05) is 36.4 Å². The first-order chi connectivity index (χ1) is 16.0. The number of rotatable bonds is 6. The summed E-state index contributed by atoms with van der Waals surface area (Å²) in [4.78, 5) is 25.2. The Bertz CT molecular complexity index is 985. The van der Waals surface area contributed by atoms with Gasteiger partial charge >= 0.3 is 5.97 Å². The summed E-state index contributed by atoms with van der Waals surface area (Å²) in [6, 6.07) is 15.0. The van der Waals surface area contributed by atoms with Crippen LogP contribution < -0.4 is 16.4 Å². The van der Waals surface area contributed by atoms with Crippen molar-refractivity contribution < 1.29 is 14.3 Å². The number of piperidine rings is 1. The maximum absolute atomic E-state index is 12.7. The van der Waals surface area contributed by atoms with Gasteiger partial charge in [-0.2, -0.15) is 0 Å². The van der Waals surface area contributed by atoms with Crippen LogP contribution >= 0.6 is 24.8 Å². The quantitative estimate of drug-likeness (QED) is 0.260. The standard InChI is InChI=1S/C26H32N4O3.2ClH/c27-24(28)19-5-1-17(2-6-19)18-3-7-20(8-4-18)25(31)30-22-11-9-21(10-12-22)26(32)33-23-13-15-29-16-14-23;;/h1-8,21-23,29H,9-16H2,(H3,27,28)(H,30,31);2*1H/t21-,22-;;.